The number of hydrogen-bond acceptors (Lipinski definition) is 9. The summed E-state index contributed by atoms with van der Waals surface area (Å²) < 4.78 is 0. The maximum Gasteiger partial charge on any atom is 2.00 e. The number of aliphatic imine (C=N–C) groups is 2. The van der Waals surface area contributed by atoms with Gasteiger partial charge in [-0.05, 0) is 95.5 Å². The molecule has 403 valence electrons. The second kappa shape index (κ2) is 22.8. The summed E-state index contributed by atoms with van der Waals surface area (Å²) in [5.74, 6) is -0.871. The Kier molecular flexibility index (Phi) is 16.8. The van der Waals surface area contributed by atoms with E-state index in [1.165, 1.54) is 0 Å². The minimum atomic E-state index is -0.750. The number of fused-ring (bicyclic) bond motifs is 8. The fourth-order valence-corrected chi connectivity index (χ4v) is 8.70. The van der Waals surface area contributed by atoms with Crippen LogP contribution in [0.2, 0.25) is 0 Å². The third kappa shape index (κ3) is 12.4. The minimum absolute atomic E-state index is 0. The molecule has 79 heavy (non-hydrogen) atoms. The zero-order valence-corrected chi connectivity index (χ0v) is 47.6. The van der Waals surface area contributed by atoms with Crippen LogP contribution in [-0.4, -0.2) is 43.5 Å². The predicted molar refractivity (Wildman–Crippen MR) is 315 cm³/mol. The van der Waals surface area contributed by atoms with E-state index in [-0.39, 0.29) is 40.7 Å². The SMILES string of the molecule is CC(C)(C)C(=O)Nc1ccccc1-c1c2nc(c(-c3ccccc3N=C([O-])C(C)(C)C)c3ccc([nH]3)c(-c3ccccc3N=C([O-])C(C)(C)C)c3ccc([nH]3)c(-c3ccccc3NC(=O)C(C)(C)C)c3nc1C=C3)C=C2.[Fe+2].[N]=O. The van der Waals surface area contributed by atoms with E-state index in [0.717, 1.165) is 11.1 Å². The number of nitrogens with zero attached hydrogens (tertiary/aromatic N) is 5. The van der Waals surface area contributed by atoms with Crippen molar-refractivity contribution >= 4 is 92.7 Å². The molecule has 0 fully saturated rings. The van der Waals surface area contributed by atoms with Crippen molar-refractivity contribution in [2.45, 2.75) is 83.1 Å². The Balaban J connectivity index is 0.00000298. The molecular formula is C64H64FeN9O5. The molecule has 2 aliphatic rings. The molecule has 9 rings (SSSR count). The monoisotopic (exact) mass is 1090 g/mol. The number of amides is 2. The van der Waals surface area contributed by atoms with Crippen LogP contribution in [0.1, 0.15) is 106 Å². The largest absolute Gasteiger partial charge is 2.00 e. The van der Waals surface area contributed by atoms with Gasteiger partial charge in [0, 0.05) is 88.8 Å². The van der Waals surface area contributed by atoms with Crippen LogP contribution in [0.25, 0.3) is 90.9 Å². The summed E-state index contributed by atoms with van der Waals surface area (Å²) in [6.45, 7) is 22.3. The molecule has 7 aromatic rings. The topological polar surface area (TPSA) is 226 Å². The molecule has 5 heterocycles. The first-order chi connectivity index (χ1) is 36.9. The molecule has 2 aliphatic heterocycles. The number of rotatable bonds is 8. The van der Waals surface area contributed by atoms with Gasteiger partial charge in [-0.15, -0.1) is 4.91 Å². The summed E-state index contributed by atoms with van der Waals surface area (Å²) in [6.07, 6.45) is 7.81. The smallest absolute Gasteiger partial charge is 0.861 e. The Morgan fingerprint density at radius 1 is 0.418 bits per heavy atom. The molecule has 14 nitrogen and oxygen atoms in total. The van der Waals surface area contributed by atoms with Crippen molar-refractivity contribution in [1.29, 1.82) is 0 Å². The predicted octanol–water partition coefficient (Wildman–Crippen LogP) is 13.7. The first-order valence-electron chi connectivity index (χ1n) is 25.7. The van der Waals surface area contributed by atoms with Gasteiger partial charge in [0.1, 0.15) is 5.59 Å². The van der Waals surface area contributed by atoms with Gasteiger partial charge >= 0.3 is 17.1 Å². The quantitative estimate of drug-likeness (QED) is 0.0653. The number of H-pyrrole nitrogens is 2. The Morgan fingerprint density at radius 2 is 0.709 bits per heavy atom. The summed E-state index contributed by atoms with van der Waals surface area (Å²) in [7, 11) is 0. The van der Waals surface area contributed by atoms with Crippen molar-refractivity contribution in [2.75, 3.05) is 10.6 Å². The molecular weight excluding hydrogens is 1030 g/mol. The summed E-state index contributed by atoms with van der Waals surface area (Å²) in [6, 6.07) is 38.5. The van der Waals surface area contributed by atoms with Gasteiger partial charge in [0.25, 0.3) is 0 Å². The fourth-order valence-electron chi connectivity index (χ4n) is 8.70. The molecule has 0 saturated carbocycles. The number of aromatic nitrogens is 4. The molecule has 1 radical (unpaired) electrons. The van der Waals surface area contributed by atoms with Gasteiger partial charge in [0.2, 0.25) is 11.8 Å². The molecule has 15 heteroatoms. The van der Waals surface area contributed by atoms with Gasteiger partial charge in [0.05, 0.1) is 34.2 Å². The summed E-state index contributed by atoms with van der Waals surface area (Å²) in [4.78, 5) is 62.8. The summed E-state index contributed by atoms with van der Waals surface area (Å²) in [5, 5.41) is 33.9. The second-order valence-electron chi connectivity index (χ2n) is 23.4. The average molecular weight is 1100 g/mol. The number of benzene rings is 4. The van der Waals surface area contributed by atoms with Crippen LogP contribution in [0.4, 0.5) is 22.7 Å². The first-order valence-corrected chi connectivity index (χ1v) is 25.7. The van der Waals surface area contributed by atoms with Gasteiger partial charge in [-0.2, -0.15) is 0 Å². The van der Waals surface area contributed by atoms with Crippen molar-refractivity contribution in [2.24, 2.45) is 31.6 Å². The number of hydrogen-bond donors (Lipinski definition) is 4. The number of anilines is 2. The maximum absolute atomic E-state index is 13.8. The zero-order valence-electron chi connectivity index (χ0n) is 46.5. The van der Waals surface area contributed by atoms with Gasteiger partial charge in [-0.25, -0.2) is 9.97 Å². The minimum Gasteiger partial charge on any atom is -0.861 e. The molecule has 0 atom stereocenters. The molecule has 4 N–H and O–H groups in total. The summed E-state index contributed by atoms with van der Waals surface area (Å²) in [5.41, 5.74) is 15.6. The van der Waals surface area contributed by atoms with Crippen LogP contribution in [0.5, 0.6) is 0 Å². The van der Waals surface area contributed by atoms with Gasteiger partial charge in [-0.1, -0.05) is 156 Å². The number of carbonyl (C=O) groups is 2. The molecule has 2 amide bonds. The number of nitroso groups, excluding NO2 is 1. The van der Waals surface area contributed by atoms with Crippen molar-refractivity contribution in [3.05, 3.63) is 149 Å². The summed E-state index contributed by atoms with van der Waals surface area (Å²) >= 11 is 0. The molecule has 0 saturated heterocycles. The Morgan fingerprint density at radius 3 is 1.08 bits per heavy atom. The third-order valence-corrected chi connectivity index (χ3v) is 13.1. The third-order valence-electron chi connectivity index (χ3n) is 13.1. The van der Waals surface area contributed by atoms with E-state index in [0.29, 0.717) is 101 Å². The Bertz CT molecular complexity index is 3800. The van der Waals surface area contributed by atoms with Gasteiger partial charge in [-0.3, -0.25) is 19.6 Å². The van der Waals surface area contributed by atoms with Gasteiger partial charge in [0.15, 0.2) is 0 Å². The number of carbonyl (C=O) groups excluding carboxylic acids is 2. The average Bonchev–Trinajstić information content (AvgIpc) is 4.33. The number of para-hydroxylation sites is 4. The van der Waals surface area contributed by atoms with E-state index in [2.05, 4.69) is 20.6 Å². The van der Waals surface area contributed by atoms with E-state index in [4.69, 9.17) is 30.5 Å². The normalized spacial score (nSPS) is 12.8. The number of nitrogens with one attached hydrogen (secondary N) is 4. The van der Waals surface area contributed by atoms with Crippen LogP contribution >= 0.6 is 0 Å². The van der Waals surface area contributed by atoms with Crippen LogP contribution in [-0.2, 0) is 26.7 Å². The number of aromatic amines is 2. The second-order valence-corrected chi connectivity index (χ2v) is 23.4. The van der Waals surface area contributed by atoms with E-state index < -0.39 is 21.7 Å². The van der Waals surface area contributed by atoms with Crippen LogP contribution in [0.15, 0.2) is 131 Å². The fraction of sp³-hybridized carbons (Fsp3) is 0.250. The standard InChI is InChI=1S/C64H66N8O4.Fe.NO/c1-61(2,3)57(73)69-41-25-17-13-21-37(41)53-45-29-31-47(65-45)54(38-22-14-18-26-42(38)70-58(74)62(4,5)6)49-33-35-51(67-49)56(40-24-16-20-28-44(40)72-60(76)64(10,11)12)52-36-34-50(68-52)55(48-32-30-46(53)66-48)39-23-15-19-27-43(39)71-59(75)63(7,8)9;;1-2/h13-36,65-66H,1-12H3,(H,69,73)(H,70,74)(H,71,75)(H,72,76);;/q;+2;/p-2. The maximum atomic E-state index is 13.8. The van der Waals surface area contributed by atoms with E-state index in [9.17, 15) is 19.8 Å². The molecule has 4 aromatic carbocycles. The zero-order chi connectivity index (χ0) is 56.5. The molecule has 0 spiro atoms. The van der Waals surface area contributed by atoms with Crippen molar-refractivity contribution < 1.29 is 36.9 Å². The van der Waals surface area contributed by atoms with Crippen LogP contribution in [0.3, 0.4) is 0 Å². The molecule has 0 aliphatic carbocycles. The van der Waals surface area contributed by atoms with E-state index in [1.54, 1.807) is 0 Å². The Hall–Kier alpha value is -8.52. The molecule has 8 bridgehead atoms. The van der Waals surface area contributed by atoms with Gasteiger partial charge < -0.3 is 30.8 Å². The van der Waals surface area contributed by atoms with Crippen LogP contribution in [0, 0.1) is 26.6 Å². The van der Waals surface area contributed by atoms with E-state index >= 15 is 0 Å². The van der Waals surface area contributed by atoms with E-state index in [1.807, 2.05) is 229 Å². The Labute approximate surface area is 471 Å². The molecule has 0 unspecified atom stereocenters. The van der Waals surface area contributed by atoms with Crippen molar-refractivity contribution in [3.8, 4) is 44.5 Å². The first kappa shape index (κ1) is 58.2. The molecule has 3 aromatic heterocycles. The van der Waals surface area contributed by atoms with Crippen LogP contribution < -0.4 is 26.4 Å². The van der Waals surface area contributed by atoms with Crippen molar-refractivity contribution in [3.63, 3.8) is 0 Å². The van der Waals surface area contributed by atoms with Crippen molar-refractivity contribution in [1.82, 2.24) is 25.5 Å².